The molecule has 0 saturated carbocycles. The van der Waals surface area contributed by atoms with E-state index in [2.05, 4.69) is 10.6 Å². The van der Waals surface area contributed by atoms with Crippen molar-refractivity contribution in [3.05, 3.63) is 77.4 Å². The smallest absolute Gasteiger partial charge is 0.270 e. The predicted octanol–water partition coefficient (Wildman–Crippen LogP) is 2.27. The molecule has 1 fully saturated rings. The summed E-state index contributed by atoms with van der Waals surface area (Å²) in [5.74, 6) is -0.697. The summed E-state index contributed by atoms with van der Waals surface area (Å²) in [6.07, 6.45) is 1.66. The SMILES string of the molecule is COc1ccc2cc1OCC(=O)N[C@@H]1CN(C(=O)c3cccn3C)CC[C@@H]1Oc1cc(F)cc(c1)CNC2=O. The number of nitrogens with one attached hydrogen (secondary N) is 2. The van der Waals surface area contributed by atoms with Crippen LogP contribution in [0.2, 0.25) is 0 Å². The van der Waals surface area contributed by atoms with E-state index in [1.165, 1.54) is 25.3 Å². The number of rotatable bonds is 2. The number of methoxy groups -OCH3 is 1. The average Bonchev–Trinajstić information content (AvgIpc) is 3.35. The van der Waals surface area contributed by atoms with Crippen LogP contribution in [-0.4, -0.2) is 66.1 Å². The topological polar surface area (TPSA) is 111 Å². The zero-order valence-electron chi connectivity index (χ0n) is 21.6. The van der Waals surface area contributed by atoms with Crippen LogP contribution in [0.4, 0.5) is 4.39 Å². The van der Waals surface area contributed by atoms with E-state index in [0.717, 1.165) is 0 Å². The Kier molecular flexibility index (Phi) is 7.40. The molecule has 10 nitrogen and oxygen atoms in total. The highest BCUT2D eigenvalue weighted by Crippen LogP contribution is 2.29. The number of ether oxygens (including phenoxy) is 3. The first-order chi connectivity index (χ1) is 18.8. The van der Waals surface area contributed by atoms with Gasteiger partial charge in [0.2, 0.25) is 0 Å². The first kappa shape index (κ1) is 26.1. The van der Waals surface area contributed by atoms with Gasteiger partial charge in [-0.3, -0.25) is 14.4 Å². The minimum Gasteiger partial charge on any atom is -0.493 e. The first-order valence-electron chi connectivity index (χ1n) is 12.6. The van der Waals surface area contributed by atoms with Crippen LogP contribution in [0.25, 0.3) is 0 Å². The third kappa shape index (κ3) is 5.82. The highest BCUT2D eigenvalue weighted by atomic mass is 19.1. The molecule has 39 heavy (non-hydrogen) atoms. The monoisotopic (exact) mass is 536 g/mol. The van der Waals surface area contributed by atoms with Crippen LogP contribution in [0, 0.1) is 5.82 Å². The highest BCUT2D eigenvalue weighted by Gasteiger charge is 2.35. The maximum Gasteiger partial charge on any atom is 0.270 e. The van der Waals surface area contributed by atoms with Crippen LogP contribution in [0.5, 0.6) is 17.2 Å². The number of carbonyl (C=O) groups is 3. The lowest BCUT2D eigenvalue weighted by Crippen LogP contribution is -2.58. The molecule has 3 heterocycles. The van der Waals surface area contributed by atoms with E-state index in [9.17, 15) is 18.8 Å². The van der Waals surface area contributed by atoms with Gasteiger partial charge in [0.15, 0.2) is 18.1 Å². The summed E-state index contributed by atoms with van der Waals surface area (Å²) in [5.41, 5.74) is 1.32. The minimum atomic E-state index is -0.591. The Morgan fingerprint density at radius 1 is 1.15 bits per heavy atom. The molecule has 3 amide bonds. The van der Waals surface area contributed by atoms with Gasteiger partial charge < -0.3 is 34.3 Å². The van der Waals surface area contributed by atoms with E-state index in [1.807, 2.05) is 0 Å². The number of hydrogen-bond donors (Lipinski definition) is 2. The lowest BCUT2D eigenvalue weighted by molar-refractivity contribution is -0.125. The molecule has 0 unspecified atom stereocenters. The fourth-order valence-corrected chi connectivity index (χ4v) is 4.81. The normalized spacial score (nSPS) is 19.6. The van der Waals surface area contributed by atoms with Gasteiger partial charge >= 0.3 is 0 Å². The van der Waals surface area contributed by atoms with Gasteiger partial charge in [-0.25, -0.2) is 4.39 Å². The number of carbonyl (C=O) groups excluding carboxylic acids is 3. The Morgan fingerprint density at radius 2 is 2.00 bits per heavy atom. The third-order valence-corrected chi connectivity index (χ3v) is 6.80. The molecular formula is C28H29FN4O6. The Labute approximate surface area is 224 Å². The summed E-state index contributed by atoms with van der Waals surface area (Å²) < 4.78 is 33.4. The maximum absolute atomic E-state index is 14.5. The van der Waals surface area contributed by atoms with Gasteiger partial charge in [0.1, 0.15) is 23.4 Å². The van der Waals surface area contributed by atoms with Gasteiger partial charge in [0.25, 0.3) is 17.7 Å². The number of aromatic nitrogens is 1. The Hall–Kier alpha value is -4.54. The zero-order chi connectivity index (χ0) is 27.5. The average molecular weight is 537 g/mol. The molecule has 3 aromatic rings. The summed E-state index contributed by atoms with van der Waals surface area (Å²) in [5, 5.41) is 5.68. The molecule has 11 heteroatoms. The molecule has 1 aromatic heterocycles. The van der Waals surface area contributed by atoms with Crippen molar-refractivity contribution < 1.29 is 33.0 Å². The number of nitrogens with zero attached hydrogens (tertiary/aromatic N) is 2. The van der Waals surface area contributed by atoms with E-state index < -0.39 is 29.8 Å². The quantitative estimate of drug-likeness (QED) is 0.520. The molecule has 2 atom stereocenters. The van der Waals surface area contributed by atoms with Crippen LogP contribution < -0.4 is 24.8 Å². The Balaban J connectivity index is 1.44. The number of halogens is 1. The van der Waals surface area contributed by atoms with Crippen molar-refractivity contribution >= 4 is 17.7 Å². The van der Waals surface area contributed by atoms with Gasteiger partial charge in [-0.05, 0) is 48.0 Å². The van der Waals surface area contributed by atoms with Gasteiger partial charge in [-0.2, -0.15) is 0 Å². The molecule has 4 bridgehead atoms. The van der Waals surface area contributed by atoms with Crippen LogP contribution in [0.3, 0.4) is 0 Å². The van der Waals surface area contributed by atoms with E-state index in [1.54, 1.807) is 53.0 Å². The molecule has 1 saturated heterocycles. The predicted molar refractivity (Wildman–Crippen MR) is 138 cm³/mol. The van der Waals surface area contributed by atoms with Crippen molar-refractivity contribution in [2.75, 3.05) is 26.8 Å². The lowest BCUT2D eigenvalue weighted by atomic mass is 10.0. The van der Waals surface area contributed by atoms with Gasteiger partial charge in [0, 0.05) is 50.9 Å². The van der Waals surface area contributed by atoms with Crippen LogP contribution >= 0.6 is 0 Å². The first-order valence-corrected chi connectivity index (χ1v) is 12.6. The highest BCUT2D eigenvalue weighted by molar-refractivity contribution is 5.95. The van der Waals surface area contributed by atoms with Crippen molar-refractivity contribution in [2.45, 2.75) is 25.1 Å². The summed E-state index contributed by atoms with van der Waals surface area (Å²) >= 11 is 0. The second-order valence-corrected chi connectivity index (χ2v) is 9.51. The maximum atomic E-state index is 14.5. The van der Waals surface area contributed by atoms with Crippen LogP contribution in [0.15, 0.2) is 54.7 Å². The van der Waals surface area contributed by atoms with Crippen molar-refractivity contribution in [2.24, 2.45) is 7.05 Å². The fourth-order valence-electron chi connectivity index (χ4n) is 4.81. The van der Waals surface area contributed by atoms with Gasteiger partial charge in [-0.1, -0.05) is 0 Å². The molecule has 2 N–H and O–H groups in total. The largest absolute Gasteiger partial charge is 0.493 e. The summed E-state index contributed by atoms with van der Waals surface area (Å²) in [6.45, 7) is 0.288. The van der Waals surface area contributed by atoms with E-state index in [0.29, 0.717) is 30.0 Å². The van der Waals surface area contributed by atoms with Crippen molar-refractivity contribution in [1.82, 2.24) is 20.1 Å². The third-order valence-electron chi connectivity index (χ3n) is 6.80. The lowest BCUT2D eigenvalue weighted by Gasteiger charge is -2.39. The van der Waals surface area contributed by atoms with Crippen molar-refractivity contribution in [3.63, 3.8) is 0 Å². The van der Waals surface area contributed by atoms with E-state index in [4.69, 9.17) is 14.2 Å². The number of piperidine rings is 1. The van der Waals surface area contributed by atoms with E-state index in [-0.39, 0.29) is 42.7 Å². The molecule has 2 aliphatic rings. The molecule has 2 aliphatic heterocycles. The Morgan fingerprint density at radius 3 is 2.77 bits per heavy atom. The fraction of sp³-hybridized carbons (Fsp3) is 0.321. The number of benzene rings is 2. The molecule has 2 aromatic carbocycles. The number of aryl methyl sites for hydroxylation is 1. The number of hydrogen-bond acceptors (Lipinski definition) is 6. The number of amides is 3. The standard InChI is InChI=1S/C28H29FN4O6/c1-32-8-3-4-22(32)28(36)33-9-7-23-21(15-33)31-26(34)16-38-25-12-18(5-6-24(25)37-2)27(35)30-14-17-10-19(29)13-20(11-17)39-23/h3-6,8,10-13,21,23H,7,9,14-16H2,1-2H3,(H,30,35)(H,31,34)/t21-,23+/m1/s1. The van der Waals surface area contributed by atoms with Gasteiger partial charge in [-0.15, -0.1) is 0 Å². The summed E-state index contributed by atoms with van der Waals surface area (Å²) in [4.78, 5) is 40.6. The minimum absolute atomic E-state index is 0.0684. The second kappa shape index (κ2) is 11.1. The number of fused-ring (bicyclic) bond motifs is 5. The second-order valence-electron chi connectivity index (χ2n) is 9.51. The Bertz CT molecular complexity index is 1410. The van der Waals surface area contributed by atoms with Crippen LogP contribution in [0.1, 0.15) is 32.8 Å². The summed E-state index contributed by atoms with van der Waals surface area (Å²) in [7, 11) is 3.25. The van der Waals surface area contributed by atoms with Crippen LogP contribution in [-0.2, 0) is 18.4 Å². The van der Waals surface area contributed by atoms with Gasteiger partial charge in [0.05, 0.1) is 13.2 Å². The molecule has 5 rings (SSSR count). The number of likely N-dealkylation sites (tertiary alicyclic amines) is 1. The molecule has 0 aliphatic carbocycles. The molecular weight excluding hydrogens is 507 g/mol. The molecule has 0 spiro atoms. The molecule has 204 valence electrons. The molecule has 0 radical (unpaired) electrons. The van der Waals surface area contributed by atoms with Crippen molar-refractivity contribution in [3.8, 4) is 17.2 Å². The zero-order valence-corrected chi connectivity index (χ0v) is 21.6. The van der Waals surface area contributed by atoms with E-state index >= 15 is 0 Å². The summed E-state index contributed by atoms with van der Waals surface area (Å²) in [6, 6.07) is 11.8. The van der Waals surface area contributed by atoms with Crippen molar-refractivity contribution in [1.29, 1.82) is 0 Å².